The second kappa shape index (κ2) is 5.26. The van der Waals surface area contributed by atoms with Gasteiger partial charge in [-0.3, -0.25) is 0 Å². The minimum Gasteiger partial charge on any atom is -0.391 e. The van der Waals surface area contributed by atoms with Crippen molar-refractivity contribution in [1.29, 1.82) is 0 Å². The first kappa shape index (κ1) is 13.7. The van der Waals surface area contributed by atoms with Crippen molar-refractivity contribution in [3.05, 3.63) is 28.5 Å². The molecule has 1 aliphatic carbocycles. The Morgan fingerprint density at radius 3 is 2.75 bits per heavy atom. The maximum absolute atomic E-state index is 14.1. The molecule has 0 aliphatic heterocycles. The van der Waals surface area contributed by atoms with Crippen molar-refractivity contribution in [2.75, 3.05) is 0 Å². The first-order chi connectivity index (χ1) is 9.59. The molecule has 0 radical (unpaired) electrons. The Hall–Kier alpha value is -1.27. The topological polar surface area (TPSA) is 41.0 Å². The first-order valence-electron chi connectivity index (χ1n) is 6.86. The van der Waals surface area contributed by atoms with E-state index in [-0.39, 0.29) is 11.6 Å². The highest BCUT2D eigenvalue weighted by molar-refractivity contribution is 7.71. The average Bonchev–Trinajstić information content (AvgIpc) is 2.60. The number of benzene rings is 1. The second-order valence-corrected chi connectivity index (χ2v) is 5.72. The number of imidazole rings is 1. The van der Waals surface area contributed by atoms with Gasteiger partial charge in [0.15, 0.2) is 16.4 Å². The number of halogens is 2. The lowest BCUT2D eigenvalue weighted by Gasteiger charge is -2.22. The highest BCUT2D eigenvalue weighted by Gasteiger charge is 2.27. The molecule has 2 unspecified atom stereocenters. The van der Waals surface area contributed by atoms with Gasteiger partial charge in [0.1, 0.15) is 5.52 Å². The predicted molar refractivity (Wildman–Crippen MR) is 75.2 cm³/mol. The van der Waals surface area contributed by atoms with Gasteiger partial charge in [-0.05, 0) is 37.2 Å². The van der Waals surface area contributed by atoms with Gasteiger partial charge in [0, 0.05) is 0 Å². The molecular formula is C14H16F2N2OS. The Morgan fingerprint density at radius 2 is 1.95 bits per heavy atom. The van der Waals surface area contributed by atoms with Crippen molar-refractivity contribution in [3.8, 4) is 0 Å². The summed E-state index contributed by atoms with van der Waals surface area (Å²) < 4.78 is 29.5. The Morgan fingerprint density at radius 1 is 1.20 bits per heavy atom. The maximum atomic E-state index is 14.1. The second-order valence-electron chi connectivity index (χ2n) is 5.33. The molecule has 6 heteroatoms. The summed E-state index contributed by atoms with van der Waals surface area (Å²) in [5.74, 6) is -1.81. The minimum atomic E-state index is -0.911. The summed E-state index contributed by atoms with van der Waals surface area (Å²) in [6.45, 7) is 0. The third-order valence-electron chi connectivity index (χ3n) is 4.05. The molecule has 108 valence electrons. The van der Waals surface area contributed by atoms with Crippen molar-refractivity contribution in [2.45, 2.75) is 44.2 Å². The Balaban J connectivity index is 2.21. The van der Waals surface area contributed by atoms with Crippen LogP contribution in [-0.4, -0.2) is 20.8 Å². The zero-order valence-corrected chi connectivity index (χ0v) is 11.7. The summed E-state index contributed by atoms with van der Waals surface area (Å²) in [4.78, 5) is 2.89. The number of hydrogen-bond donors (Lipinski definition) is 2. The number of aromatic nitrogens is 2. The lowest BCUT2D eigenvalue weighted by molar-refractivity contribution is 0.106. The van der Waals surface area contributed by atoms with Gasteiger partial charge in [-0.15, -0.1) is 0 Å². The monoisotopic (exact) mass is 298 g/mol. The van der Waals surface area contributed by atoms with Crippen LogP contribution in [0, 0.1) is 16.4 Å². The Labute approximate surface area is 120 Å². The summed E-state index contributed by atoms with van der Waals surface area (Å²) >= 11 is 5.24. The molecule has 1 fully saturated rings. The molecule has 2 aromatic rings. The molecule has 20 heavy (non-hydrogen) atoms. The number of fused-ring (bicyclic) bond motifs is 1. The zero-order chi connectivity index (χ0) is 14.3. The van der Waals surface area contributed by atoms with Crippen LogP contribution in [0.1, 0.15) is 38.1 Å². The van der Waals surface area contributed by atoms with Crippen LogP contribution in [0.15, 0.2) is 12.1 Å². The Kier molecular flexibility index (Phi) is 3.60. The molecule has 3 nitrogen and oxygen atoms in total. The van der Waals surface area contributed by atoms with Crippen molar-refractivity contribution < 1.29 is 13.9 Å². The van der Waals surface area contributed by atoms with E-state index in [1.54, 1.807) is 4.57 Å². The lowest BCUT2D eigenvalue weighted by atomic mass is 10.1. The molecule has 1 aromatic carbocycles. The molecule has 1 saturated carbocycles. The van der Waals surface area contributed by atoms with Crippen LogP contribution < -0.4 is 0 Å². The third-order valence-corrected chi connectivity index (χ3v) is 4.34. The maximum Gasteiger partial charge on any atom is 0.184 e. The van der Waals surface area contributed by atoms with Gasteiger partial charge in [-0.2, -0.15) is 0 Å². The van der Waals surface area contributed by atoms with E-state index < -0.39 is 17.7 Å². The van der Waals surface area contributed by atoms with Crippen LogP contribution in [0.25, 0.3) is 11.0 Å². The molecule has 2 atom stereocenters. The number of hydrogen-bond acceptors (Lipinski definition) is 2. The van der Waals surface area contributed by atoms with Crippen LogP contribution in [0.5, 0.6) is 0 Å². The molecule has 0 spiro atoms. The van der Waals surface area contributed by atoms with E-state index in [1.807, 2.05) is 0 Å². The van der Waals surface area contributed by atoms with E-state index in [2.05, 4.69) is 4.98 Å². The normalized spacial score (nSPS) is 23.9. The number of H-pyrrole nitrogens is 1. The van der Waals surface area contributed by atoms with Crippen molar-refractivity contribution in [3.63, 3.8) is 0 Å². The van der Waals surface area contributed by atoms with E-state index in [4.69, 9.17) is 12.2 Å². The number of nitrogens with zero attached hydrogens (tertiary/aromatic N) is 1. The molecule has 1 aromatic heterocycles. The molecule has 0 saturated heterocycles. The van der Waals surface area contributed by atoms with E-state index in [1.165, 1.54) is 6.07 Å². The lowest BCUT2D eigenvalue weighted by Crippen LogP contribution is -2.23. The van der Waals surface area contributed by atoms with Gasteiger partial charge >= 0.3 is 0 Å². The highest BCUT2D eigenvalue weighted by atomic mass is 32.1. The third kappa shape index (κ3) is 2.16. The van der Waals surface area contributed by atoms with E-state index >= 15 is 0 Å². The van der Waals surface area contributed by atoms with Crippen LogP contribution >= 0.6 is 12.2 Å². The average molecular weight is 298 g/mol. The quantitative estimate of drug-likeness (QED) is 0.620. The summed E-state index contributed by atoms with van der Waals surface area (Å²) in [5, 5.41) is 10.3. The van der Waals surface area contributed by atoms with Gasteiger partial charge in [-0.1, -0.05) is 19.3 Å². The van der Waals surface area contributed by atoms with E-state index in [0.717, 1.165) is 31.7 Å². The fourth-order valence-corrected chi connectivity index (χ4v) is 3.38. The van der Waals surface area contributed by atoms with Crippen molar-refractivity contribution in [1.82, 2.24) is 9.55 Å². The van der Waals surface area contributed by atoms with E-state index in [0.29, 0.717) is 16.7 Å². The van der Waals surface area contributed by atoms with Crippen LogP contribution in [0.3, 0.4) is 0 Å². The Bertz CT molecular complexity index is 694. The standard InChI is InChI=1S/C14H16F2N2OS/c15-8-6-7-9-13(12(8)16)18(14(20)17-9)10-4-2-1-3-5-11(10)19/h6-7,10-11,19H,1-5H2,(H,17,20). The summed E-state index contributed by atoms with van der Waals surface area (Å²) in [6.07, 6.45) is 3.75. The molecule has 3 rings (SSSR count). The summed E-state index contributed by atoms with van der Waals surface area (Å²) in [5.41, 5.74) is 0.589. The summed E-state index contributed by atoms with van der Waals surface area (Å²) in [7, 11) is 0. The number of aliphatic hydroxyl groups is 1. The highest BCUT2D eigenvalue weighted by Crippen LogP contribution is 2.32. The molecule has 2 N–H and O–H groups in total. The van der Waals surface area contributed by atoms with Crippen molar-refractivity contribution in [2.24, 2.45) is 0 Å². The minimum absolute atomic E-state index is 0.126. The van der Waals surface area contributed by atoms with Gasteiger partial charge in [0.05, 0.1) is 17.7 Å². The van der Waals surface area contributed by atoms with Crippen molar-refractivity contribution >= 4 is 23.3 Å². The largest absolute Gasteiger partial charge is 0.391 e. The molecular weight excluding hydrogens is 282 g/mol. The zero-order valence-electron chi connectivity index (χ0n) is 10.9. The van der Waals surface area contributed by atoms with E-state index in [9.17, 15) is 13.9 Å². The molecule has 0 amide bonds. The molecule has 1 aliphatic rings. The van der Waals surface area contributed by atoms with Gasteiger partial charge in [0.2, 0.25) is 0 Å². The molecule has 0 bridgehead atoms. The molecule has 1 heterocycles. The van der Waals surface area contributed by atoms with Crippen LogP contribution in [-0.2, 0) is 0 Å². The number of nitrogens with one attached hydrogen (secondary N) is 1. The summed E-state index contributed by atoms with van der Waals surface area (Å²) in [6, 6.07) is 2.26. The number of aromatic amines is 1. The van der Waals surface area contributed by atoms with Crippen LogP contribution in [0.2, 0.25) is 0 Å². The van der Waals surface area contributed by atoms with Gasteiger partial charge in [-0.25, -0.2) is 8.78 Å². The van der Waals surface area contributed by atoms with Crippen LogP contribution in [0.4, 0.5) is 8.78 Å². The SMILES string of the molecule is OC1CCCCCC1n1c(=S)[nH]c2ccc(F)c(F)c21. The number of rotatable bonds is 1. The first-order valence-corrected chi connectivity index (χ1v) is 7.26. The predicted octanol–water partition coefficient (Wildman–Crippen LogP) is 3.84. The fourth-order valence-electron chi connectivity index (χ4n) is 3.04. The number of aliphatic hydroxyl groups excluding tert-OH is 1. The van der Waals surface area contributed by atoms with Gasteiger partial charge in [0.25, 0.3) is 0 Å². The fraction of sp³-hybridized carbons (Fsp3) is 0.500. The smallest absolute Gasteiger partial charge is 0.184 e. The van der Waals surface area contributed by atoms with Gasteiger partial charge < -0.3 is 14.7 Å².